The predicted octanol–water partition coefficient (Wildman–Crippen LogP) is 2.99. The van der Waals surface area contributed by atoms with Crippen LogP contribution in [0.2, 0.25) is 0 Å². The molecule has 0 saturated heterocycles. The van der Waals surface area contributed by atoms with Crippen molar-refractivity contribution in [3.05, 3.63) is 29.8 Å². The van der Waals surface area contributed by atoms with Crippen LogP contribution in [-0.4, -0.2) is 19.6 Å². The molecule has 118 valence electrons. The lowest BCUT2D eigenvalue weighted by atomic mass is 9.92. The van der Waals surface area contributed by atoms with Gasteiger partial charge in [-0.05, 0) is 48.8 Å². The van der Waals surface area contributed by atoms with Crippen molar-refractivity contribution in [2.75, 3.05) is 0 Å². The van der Waals surface area contributed by atoms with Crippen molar-refractivity contribution in [1.29, 1.82) is 0 Å². The van der Waals surface area contributed by atoms with Crippen molar-refractivity contribution in [2.24, 2.45) is 5.41 Å². The van der Waals surface area contributed by atoms with Crippen LogP contribution in [0.3, 0.4) is 0 Å². The third-order valence-electron chi connectivity index (χ3n) is 4.23. The van der Waals surface area contributed by atoms with Crippen molar-refractivity contribution < 1.29 is 13.5 Å². The Hall–Kier alpha value is -0.910. The SMILES string of the molecule is CCC(O)c1cccc(S(=O)(=O)NC2CCC(C)(C)C2)c1. The zero-order valence-corrected chi connectivity index (χ0v) is 13.8. The molecule has 5 heteroatoms. The van der Waals surface area contributed by atoms with Crippen molar-refractivity contribution >= 4 is 10.0 Å². The topological polar surface area (TPSA) is 66.4 Å². The molecule has 4 nitrogen and oxygen atoms in total. The molecule has 0 radical (unpaired) electrons. The van der Waals surface area contributed by atoms with Gasteiger partial charge in [0.1, 0.15) is 0 Å². The van der Waals surface area contributed by atoms with Gasteiger partial charge in [-0.15, -0.1) is 0 Å². The molecule has 1 aromatic rings. The maximum atomic E-state index is 12.5. The molecule has 1 aliphatic carbocycles. The second kappa shape index (κ2) is 6.07. The molecule has 1 fully saturated rings. The Kier molecular flexibility index (Phi) is 4.76. The second-order valence-corrected chi connectivity index (χ2v) is 8.44. The minimum Gasteiger partial charge on any atom is -0.388 e. The third-order valence-corrected chi connectivity index (χ3v) is 5.75. The number of aliphatic hydroxyl groups is 1. The van der Waals surface area contributed by atoms with Gasteiger partial charge in [0.2, 0.25) is 10.0 Å². The second-order valence-electron chi connectivity index (χ2n) is 6.72. The molecule has 0 bridgehead atoms. The van der Waals surface area contributed by atoms with E-state index in [0.717, 1.165) is 19.3 Å². The summed E-state index contributed by atoms with van der Waals surface area (Å²) in [6, 6.07) is 6.59. The summed E-state index contributed by atoms with van der Waals surface area (Å²) in [5.74, 6) is 0. The van der Waals surface area contributed by atoms with E-state index in [2.05, 4.69) is 18.6 Å². The highest BCUT2D eigenvalue weighted by Crippen LogP contribution is 2.37. The molecule has 0 spiro atoms. The fourth-order valence-electron chi connectivity index (χ4n) is 2.95. The summed E-state index contributed by atoms with van der Waals surface area (Å²) in [6.07, 6.45) is 2.72. The van der Waals surface area contributed by atoms with E-state index in [1.165, 1.54) is 0 Å². The Morgan fingerprint density at radius 1 is 1.43 bits per heavy atom. The molecule has 1 aromatic carbocycles. The Morgan fingerprint density at radius 3 is 2.71 bits per heavy atom. The maximum Gasteiger partial charge on any atom is 0.240 e. The Morgan fingerprint density at radius 2 is 2.14 bits per heavy atom. The lowest BCUT2D eigenvalue weighted by Gasteiger charge is -2.18. The zero-order valence-electron chi connectivity index (χ0n) is 13.0. The van der Waals surface area contributed by atoms with Gasteiger partial charge in [-0.25, -0.2) is 13.1 Å². The number of rotatable bonds is 5. The van der Waals surface area contributed by atoms with E-state index in [1.807, 2.05) is 6.92 Å². The van der Waals surface area contributed by atoms with Gasteiger partial charge in [0.15, 0.2) is 0 Å². The minimum atomic E-state index is -3.52. The minimum absolute atomic E-state index is 0.00440. The molecule has 1 saturated carbocycles. The molecule has 2 atom stereocenters. The highest BCUT2D eigenvalue weighted by atomic mass is 32.2. The first-order valence-electron chi connectivity index (χ1n) is 7.54. The van der Waals surface area contributed by atoms with Gasteiger partial charge < -0.3 is 5.11 Å². The fraction of sp³-hybridized carbons (Fsp3) is 0.625. The molecule has 0 aliphatic heterocycles. The predicted molar refractivity (Wildman–Crippen MR) is 83.4 cm³/mol. The quantitative estimate of drug-likeness (QED) is 0.878. The van der Waals surface area contributed by atoms with Crippen LogP contribution in [0.15, 0.2) is 29.2 Å². The van der Waals surface area contributed by atoms with Gasteiger partial charge in [0.05, 0.1) is 11.0 Å². The molecule has 0 aromatic heterocycles. The lowest BCUT2D eigenvalue weighted by Crippen LogP contribution is -2.33. The first-order chi connectivity index (χ1) is 9.73. The van der Waals surface area contributed by atoms with Crippen LogP contribution in [0.1, 0.15) is 58.1 Å². The summed E-state index contributed by atoms with van der Waals surface area (Å²) in [5.41, 5.74) is 0.847. The van der Waals surface area contributed by atoms with Gasteiger partial charge in [0, 0.05) is 6.04 Å². The molecule has 2 N–H and O–H groups in total. The fourth-order valence-corrected chi connectivity index (χ4v) is 4.27. The average molecular weight is 311 g/mol. The van der Waals surface area contributed by atoms with Crippen molar-refractivity contribution in [1.82, 2.24) is 4.72 Å². The smallest absolute Gasteiger partial charge is 0.240 e. The molecule has 0 amide bonds. The Labute approximate surface area is 127 Å². The van der Waals surface area contributed by atoms with Crippen molar-refractivity contribution in [3.63, 3.8) is 0 Å². The number of benzene rings is 1. The van der Waals surface area contributed by atoms with Crippen LogP contribution in [-0.2, 0) is 10.0 Å². The molecule has 2 rings (SSSR count). The first kappa shape index (κ1) is 16.5. The van der Waals surface area contributed by atoms with Gasteiger partial charge >= 0.3 is 0 Å². The number of aliphatic hydroxyl groups excluding tert-OH is 1. The summed E-state index contributed by atoms with van der Waals surface area (Å²) in [5, 5.41) is 9.86. The standard InChI is InChI=1S/C16H25NO3S/c1-4-15(18)12-6-5-7-14(10-12)21(19,20)17-13-8-9-16(2,3)11-13/h5-7,10,13,15,17-18H,4,8-9,11H2,1-3H3. The van der Waals surface area contributed by atoms with Crippen LogP contribution in [0.4, 0.5) is 0 Å². The Balaban J connectivity index is 2.16. The summed E-state index contributed by atoms with van der Waals surface area (Å²) in [4.78, 5) is 0.234. The molecule has 1 aliphatic rings. The largest absolute Gasteiger partial charge is 0.388 e. The first-order valence-corrected chi connectivity index (χ1v) is 9.02. The van der Waals surface area contributed by atoms with Crippen LogP contribution in [0.25, 0.3) is 0 Å². The van der Waals surface area contributed by atoms with E-state index in [9.17, 15) is 13.5 Å². The van der Waals surface area contributed by atoms with E-state index in [4.69, 9.17) is 0 Å². The molecule has 0 heterocycles. The van der Waals surface area contributed by atoms with Crippen molar-refractivity contribution in [3.8, 4) is 0 Å². The maximum absolute atomic E-state index is 12.5. The van der Waals surface area contributed by atoms with Crippen LogP contribution in [0, 0.1) is 5.41 Å². The molecule has 21 heavy (non-hydrogen) atoms. The van der Waals surface area contributed by atoms with E-state index in [0.29, 0.717) is 12.0 Å². The normalized spacial score (nSPS) is 23.1. The van der Waals surface area contributed by atoms with Crippen molar-refractivity contribution in [2.45, 2.75) is 63.5 Å². The molecular weight excluding hydrogens is 286 g/mol. The summed E-state index contributed by atoms with van der Waals surface area (Å²) in [6.45, 7) is 6.20. The number of nitrogens with one attached hydrogen (secondary N) is 1. The van der Waals surface area contributed by atoms with Gasteiger partial charge in [-0.1, -0.05) is 32.9 Å². The lowest BCUT2D eigenvalue weighted by molar-refractivity contribution is 0.173. The molecule has 2 unspecified atom stereocenters. The summed E-state index contributed by atoms with van der Waals surface area (Å²) < 4.78 is 27.7. The average Bonchev–Trinajstić information content (AvgIpc) is 2.76. The van der Waals surface area contributed by atoms with Gasteiger partial charge in [-0.2, -0.15) is 0 Å². The molecular formula is C16H25NO3S. The van der Waals surface area contributed by atoms with Gasteiger partial charge in [-0.3, -0.25) is 0 Å². The van der Waals surface area contributed by atoms with Gasteiger partial charge in [0.25, 0.3) is 0 Å². The van der Waals surface area contributed by atoms with Crippen LogP contribution in [0.5, 0.6) is 0 Å². The zero-order chi connectivity index (χ0) is 15.7. The third kappa shape index (κ3) is 4.05. The summed E-state index contributed by atoms with van der Waals surface area (Å²) in [7, 11) is -3.52. The van der Waals surface area contributed by atoms with Crippen LogP contribution < -0.4 is 4.72 Å². The van der Waals surface area contributed by atoms with E-state index >= 15 is 0 Å². The van der Waals surface area contributed by atoms with E-state index in [1.54, 1.807) is 24.3 Å². The number of hydrogen-bond acceptors (Lipinski definition) is 3. The van der Waals surface area contributed by atoms with E-state index < -0.39 is 16.1 Å². The monoisotopic (exact) mass is 311 g/mol. The van der Waals surface area contributed by atoms with Crippen LogP contribution >= 0.6 is 0 Å². The number of hydrogen-bond donors (Lipinski definition) is 2. The highest BCUT2D eigenvalue weighted by Gasteiger charge is 2.33. The Bertz CT molecular complexity index is 595. The van der Waals surface area contributed by atoms with E-state index in [-0.39, 0.29) is 16.4 Å². The highest BCUT2D eigenvalue weighted by molar-refractivity contribution is 7.89. The summed E-state index contributed by atoms with van der Waals surface area (Å²) >= 11 is 0. The number of sulfonamides is 1.